The van der Waals surface area contributed by atoms with Gasteiger partial charge in [-0.2, -0.15) is 0 Å². The van der Waals surface area contributed by atoms with E-state index in [1.54, 1.807) is 12.4 Å². The van der Waals surface area contributed by atoms with Crippen LogP contribution in [0.4, 0.5) is 5.00 Å². The maximum atomic E-state index is 11.7. The van der Waals surface area contributed by atoms with Crippen molar-refractivity contribution in [1.82, 2.24) is 4.98 Å². The number of ether oxygens (including phenoxy) is 2. The van der Waals surface area contributed by atoms with Crippen molar-refractivity contribution >= 4 is 22.3 Å². The molecule has 1 aromatic rings. The Labute approximate surface area is 111 Å². The molecule has 1 aliphatic heterocycles. The van der Waals surface area contributed by atoms with Crippen molar-refractivity contribution in [3.8, 4) is 0 Å². The quantitative estimate of drug-likeness (QED) is 0.851. The van der Waals surface area contributed by atoms with Crippen molar-refractivity contribution in [3.05, 3.63) is 11.2 Å². The Morgan fingerprint density at radius 2 is 2.56 bits per heavy atom. The van der Waals surface area contributed by atoms with E-state index < -0.39 is 0 Å². The van der Waals surface area contributed by atoms with E-state index in [2.05, 4.69) is 17.2 Å². The van der Waals surface area contributed by atoms with Crippen LogP contribution in [0.1, 0.15) is 37.2 Å². The molecule has 1 atom stereocenters. The van der Waals surface area contributed by atoms with Gasteiger partial charge in [0.15, 0.2) is 5.69 Å². The third kappa shape index (κ3) is 3.00. The molecule has 0 aliphatic carbocycles. The van der Waals surface area contributed by atoms with Crippen LogP contribution in [0.2, 0.25) is 0 Å². The van der Waals surface area contributed by atoms with E-state index in [9.17, 15) is 4.79 Å². The lowest BCUT2D eigenvalue weighted by molar-refractivity contribution is 0.0510. The third-order valence-electron chi connectivity index (χ3n) is 2.89. The summed E-state index contributed by atoms with van der Waals surface area (Å²) >= 11 is 1.42. The lowest BCUT2D eigenvalue weighted by atomic mass is 9.95. The third-order valence-corrected chi connectivity index (χ3v) is 3.63. The average Bonchev–Trinajstić information content (AvgIpc) is 2.77. The summed E-state index contributed by atoms with van der Waals surface area (Å²) in [5.74, 6) is -0.374. The Kier molecular flexibility index (Phi) is 4.19. The van der Waals surface area contributed by atoms with Crippen molar-refractivity contribution in [1.29, 1.82) is 0 Å². The van der Waals surface area contributed by atoms with Crippen LogP contribution in [-0.2, 0) is 9.47 Å². The van der Waals surface area contributed by atoms with E-state index in [1.165, 1.54) is 11.3 Å². The summed E-state index contributed by atoms with van der Waals surface area (Å²) in [5.41, 5.74) is 1.89. The van der Waals surface area contributed by atoms with Crippen LogP contribution in [0.5, 0.6) is 0 Å². The van der Waals surface area contributed by atoms with Crippen molar-refractivity contribution in [2.24, 2.45) is 0 Å². The van der Waals surface area contributed by atoms with Gasteiger partial charge in [-0.15, -0.1) is 11.3 Å². The zero-order valence-electron chi connectivity index (χ0n) is 10.7. The Morgan fingerprint density at radius 1 is 1.72 bits per heavy atom. The van der Waals surface area contributed by atoms with Crippen LogP contribution in [0, 0.1) is 0 Å². The number of aromatic nitrogens is 1. The molecule has 5 nitrogen and oxygen atoms in total. The number of carbonyl (C=O) groups is 1. The number of esters is 1. The summed E-state index contributed by atoms with van der Waals surface area (Å²) in [6, 6.07) is 0. The average molecular weight is 270 g/mol. The van der Waals surface area contributed by atoms with Crippen LogP contribution < -0.4 is 5.32 Å². The predicted molar refractivity (Wildman–Crippen MR) is 70.2 cm³/mol. The van der Waals surface area contributed by atoms with Crippen LogP contribution in [0.15, 0.2) is 5.51 Å². The second kappa shape index (κ2) is 5.67. The van der Waals surface area contributed by atoms with Crippen LogP contribution in [0.25, 0.3) is 0 Å². The first-order chi connectivity index (χ1) is 8.64. The normalized spacial score (nSPS) is 23.7. The molecule has 0 radical (unpaired) electrons. The molecule has 2 heterocycles. The van der Waals surface area contributed by atoms with Gasteiger partial charge in [-0.25, -0.2) is 9.78 Å². The van der Waals surface area contributed by atoms with E-state index in [1.807, 2.05) is 0 Å². The minimum atomic E-state index is -0.374. The van der Waals surface area contributed by atoms with E-state index in [4.69, 9.17) is 9.47 Å². The SMILES string of the molecule is CCOC(=O)c1ncsc1NC1(C)CCCOC1. The Hall–Kier alpha value is -1.14. The molecule has 0 saturated carbocycles. The first kappa shape index (κ1) is 13.3. The highest BCUT2D eigenvalue weighted by molar-refractivity contribution is 7.14. The van der Waals surface area contributed by atoms with Crippen molar-refractivity contribution in [2.75, 3.05) is 25.1 Å². The summed E-state index contributed by atoms with van der Waals surface area (Å²) in [7, 11) is 0. The lowest BCUT2D eigenvalue weighted by Gasteiger charge is -2.34. The summed E-state index contributed by atoms with van der Waals surface area (Å²) in [5, 5.41) is 4.14. The fourth-order valence-corrected chi connectivity index (χ4v) is 2.80. The molecule has 100 valence electrons. The molecule has 1 unspecified atom stereocenters. The predicted octanol–water partition coefficient (Wildman–Crippen LogP) is 2.30. The molecule has 1 N–H and O–H groups in total. The number of rotatable bonds is 4. The minimum absolute atomic E-state index is 0.133. The molecular formula is C12H18N2O3S. The first-order valence-electron chi connectivity index (χ1n) is 6.11. The number of nitrogens with zero attached hydrogens (tertiary/aromatic N) is 1. The van der Waals surface area contributed by atoms with Crippen LogP contribution >= 0.6 is 11.3 Å². The molecule has 1 fully saturated rings. The Morgan fingerprint density at radius 3 is 3.22 bits per heavy atom. The number of carbonyl (C=O) groups excluding carboxylic acids is 1. The zero-order valence-corrected chi connectivity index (χ0v) is 11.5. The van der Waals surface area contributed by atoms with Gasteiger partial charge in [0, 0.05) is 6.61 Å². The van der Waals surface area contributed by atoms with Gasteiger partial charge in [0.2, 0.25) is 0 Å². The standard InChI is InChI=1S/C12H18N2O3S/c1-3-17-11(15)9-10(18-8-13-9)14-12(2)5-4-6-16-7-12/h8,14H,3-7H2,1-2H3. The van der Waals surface area contributed by atoms with Crippen molar-refractivity contribution in [3.63, 3.8) is 0 Å². The Balaban J connectivity index is 2.09. The number of thiazole rings is 1. The van der Waals surface area contributed by atoms with E-state index in [0.29, 0.717) is 18.9 Å². The molecule has 0 bridgehead atoms. The van der Waals surface area contributed by atoms with E-state index in [-0.39, 0.29) is 11.5 Å². The molecule has 1 saturated heterocycles. The van der Waals surface area contributed by atoms with Crippen LogP contribution in [0.3, 0.4) is 0 Å². The molecule has 1 aromatic heterocycles. The van der Waals surface area contributed by atoms with Crippen LogP contribution in [-0.4, -0.2) is 36.3 Å². The monoisotopic (exact) mass is 270 g/mol. The molecule has 1 aliphatic rings. The molecule has 2 rings (SSSR count). The van der Waals surface area contributed by atoms with Gasteiger partial charge in [-0.1, -0.05) is 0 Å². The Bertz CT molecular complexity index is 413. The summed E-state index contributed by atoms with van der Waals surface area (Å²) in [6.07, 6.45) is 2.05. The molecule has 0 aromatic carbocycles. The van der Waals surface area contributed by atoms with Crippen molar-refractivity contribution in [2.45, 2.75) is 32.2 Å². The lowest BCUT2D eigenvalue weighted by Crippen LogP contribution is -2.43. The molecular weight excluding hydrogens is 252 g/mol. The van der Waals surface area contributed by atoms with Gasteiger partial charge in [0.05, 0.1) is 24.3 Å². The summed E-state index contributed by atoms with van der Waals surface area (Å²) < 4.78 is 10.5. The largest absolute Gasteiger partial charge is 0.461 e. The molecule has 18 heavy (non-hydrogen) atoms. The van der Waals surface area contributed by atoms with Gasteiger partial charge >= 0.3 is 5.97 Å². The highest BCUT2D eigenvalue weighted by Gasteiger charge is 2.30. The van der Waals surface area contributed by atoms with Gasteiger partial charge in [0.1, 0.15) is 5.00 Å². The number of anilines is 1. The second-order valence-corrected chi connectivity index (χ2v) is 5.45. The van der Waals surface area contributed by atoms with Gasteiger partial charge in [-0.3, -0.25) is 0 Å². The van der Waals surface area contributed by atoms with E-state index >= 15 is 0 Å². The molecule has 0 spiro atoms. The maximum Gasteiger partial charge on any atom is 0.360 e. The smallest absolute Gasteiger partial charge is 0.360 e. The summed E-state index contributed by atoms with van der Waals surface area (Å²) in [6.45, 7) is 5.70. The highest BCUT2D eigenvalue weighted by atomic mass is 32.1. The molecule has 0 amide bonds. The maximum absolute atomic E-state index is 11.7. The molecule has 6 heteroatoms. The fraction of sp³-hybridized carbons (Fsp3) is 0.667. The first-order valence-corrected chi connectivity index (χ1v) is 6.99. The van der Waals surface area contributed by atoms with Gasteiger partial charge in [0.25, 0.3) is 0 Å². The fourth-order valence-electron chi connectivity index (χ4n) is 1.99. The highest BCUT2D eigenvalue weighted by Crippen LogP contribution is 2.29. The van der Waals surface area contributed by atoms with Gasteiger partial charge < -0.3 is 14.8 Å². The number of hydrogen-bond donors (Lipinski definition) is 1. The second-order valence-electron chi connectivity index (χ2n) is 4.59. The van der Waals surface area contributed by atoms with Gasteiger partial charge in [-0.05, 0) is 26.7 Å². The number of hydrogen-bond acceptors (Lipinski definition) is 6. The zero-order chi connectivity index (χ0) is 13.0. The van der Waals surface area contributed by atoms with Crippen molar-refractivity contribution < 1.29 is 14.3 Å². The number of nitrogens with one attached hydrogen (secondary N) is 1. The topological polar surface area (TPSA) is 60.5 Å². The minimum Gasteiger partial charge on any atom is -0.461 e. The van der Waals surface area contributed by atoms with E-state index in [0.717, 1.165) is 24.4 Å². The summed E-state index contributed by atoms with van der Waals surface area (Å²) in [4.78, 5) is 15.8.